The minimum absolute atomic E-state index is 0.0410. The molecule has 1 aliphatic heterocycles. The van der Waals surface area contributed by atoms with E-state index in [0.717, 1.165) is 16.7 Å². The maximum absolute atomic E-state index is 13.0. The topological polar surface area (TPSA) is 93.7 Å². The number of amides is 2. The molecule has 7 nitrogen and oxygen atoms in total. The van der Waals surface area contributed by atoms with E-state index in [0.29, 0.717) is 22.6 Å². The molecule has 1 saturated heterocycles. The average Bonchev–Trinajstić information content (AvgIpc) is 3.30. The fourth-order valence-corrected chi connectivity index (χ4v) is 3.71. The molecule has 0 N–H and O–H groups in total. The van der Waals surface area contributed by atoms with Crippen molar-refractivity contribution in [3.63, 3.8) is 0 Å². The van der Waals surface area contributed by atoms with E-state index in [1.54, 1.807) is 24.3 Å². The Morgan fingerprint density at radius 2 is 1.87 bits per heavy atom. The first-order chi connectivity index (χ1) is 14.4. The van der Waals surface area contributed by atoms with Crippen LogP contribution in [0.3, 0.4) is 0 Å². The van der Waals surface area contributed by atoms with Crippen LogP contribution in [0.5, 0.6) is 0 Å². The molecule has 0 saturated carbocycles. The highest BCUT2D eigenvalue weighted by Crippen LogP contribution is 2.34. The first kappa shape index (κ1) is 19.6. The summed E-state index contributed by atoms with van der Waals surface area (Å²) in [5.41, 5.74) is 1.09. The van der Waals surface area contributed by atoms with Gasteiger partial charge in [0, 0.05) is 23.8 Å². The smallest absolute Gasteiger partial charge is 0.293 e. The van der Waals surface area contributed by atoms with Crippen LogP contribution in [0, 0.1) is 15.9 Å². The van der Waals surface area contributed by atoms with Gasteiger partial charge in [-0.15, -0.1) is 0 Å². The molecule has 0 spiro atoms. The summed E-state index contributed by atoms with van der Waals surface area (Å²) in [4.78, 5) is 36.6. The zero-order chi connectivity index (χ0) is 21.3. The highest BCUT2D eigenvalue weighted by molar-refractivity contribution is 8.18. The Balaban J connectivity index is 1.53. The molecule has 2 amide bonds. The van der Waals surface area contributed by atoms with Gasteiger partial charge in [-0.2, -0.15) is 0 Å². The van der Waals surface area contributed by atoms with Crippen LogP contribution < -0.4 is 0 Å². The lowest BCUT2D eigenvalue weighted by Crippen LogP contribution is -2.27. The van der Waals surface area contributed by atoms with E-state index in [1.165, 1.54) is 42.5 Å². The largest absolute Gasteiger partial charge is 0.457 e. The molecule has 0 bridgehead atoms. The quantitative estimate of drug-likeness (QED) is 0.316. The standard InChI is InChI=1S/C21H13FN2O5S/c22-15-6-4-13(5-7-15)12-23-20(25)19(30-21(23)26)11-17-8-9-18(29-17)14-2-1-3-16(10-14)24(27)28/h1-11H,12H2/b19-11-. The summed E-state index contributed by atoms with van der Waals surface area (Å²) >= 11 is 0.786. The van der Waals surface area contributed by atoms with Gasteiger partial charge in [-0.1, -0.05) is 24.3 Å². The predicted octanol–water partition coefficient (Wildman–Crippen LogP) is 5.23. The number of hydrogen-bond acceptors (Lipinski definition) is 6. The number of carbonyl (C=O) groups is 2. The molecule has 1 aromatic heterocycles. The third kappa shape index (κ3) is 4.01. The molecule has 1 fully saturated rings. The molecule has 0 radical (unpaired) electrons. The van der Waals surface area contributed by atoms with Crippen molar-refractivity contribution in [2.24, 2.45) is 0 Å². The van der Waals surface area contributed by atoms with Crippen molar-refractivity contribution in [2.45, 2.75) is 6.54 Å². The van der Waals surface area contributed by atoms with Crippen LogP contribution in [0.15, 0.2) is 70.0 Å². The molecular formula is C21H13FN2O5S. The number of nitrogens with zero attached hydrogens (tertiary/aromatic N) is 2. The number of carbonyl (C=O) groups excluding carboxylic acids is 2. The van der Waals surface area contributed by atoms with Gasteiger partial charge in [0.25, 0.3) is 16.8 Å². The van der Waals surface area contributed by atoms with Crippen LogP contribution >= 0.6 is 11.8 Å². The average molecular weight is 424 g/mol. The van der Waals surface area contributed by atoms with Crippen LogP contribution in [0.2, 0.25) is 0 Å². The lowest BCUT2D eigenvalue weighted by molar-refractivity contribution is -0.384. The van der Waals surface area contributed by atoms with Gasteiger partial charge < -0.3 is 4.42 Å². The molecule has 4 rings (SSSR count). The predicted molar refractivity (Wildman–Crippen MR) is 109 cm³/mol. The van der Waals surface area contributed by atoms with Crippen LogP contribution in [0.4, 0.5) is 14.9 Å². The number of imide groups is 1. The zero-order valence-corrected chi connectivity index (χ0v) is 16.1. The van der Waals surface area contributed by atoms with E-state index >= 15 is 0 Å². The fraction of sp³-hybridized carbons (Fsp3) is 0.0476. The summed E-state index contributed by atoms with van der Waals surface area (Å²) in [6, 6.07) is 14.8. The highest BCUT2D eigenvalue weighted by atomic mass is 32.2. The van der Waals surface area contributed by atoms with E-state index in [-0.39, 0.29) is 17.1 Å². The van der Waals surface area contributed by atoms with Gasteiger partial charge >= 0.3 is 0 Å². The van der Waals surface area contributed by atoms with Crippen molar-refractivity contribution in [3.8, 4) is 11.3 Å². The summed E-state index contributed by atoms with van der Waals surface area (Å²) in [7, 11) is 0. The molecule has 30 heavy (non-hydrogen) atoms. The number of nitro groups is 1. The van der Waals surface area contributed by atoms with Gasteiger partial charge in [-0.25, -0.2) is 4.39 Å². The van der Waals surface area contributed by atoms with Gasteiger partial charge in [-0.3, -0.25) is 24.6 Å². The first-order valence-corrected chi connectivity index (χ1v) is 9.57. The Kier molecular flexibility index (Phi) is 5.20. The van der Waals surface area contributed by atoms with Crippen LogP contribution in [-0.4, -0.2) is 21.0 Å². The van der Waals surface area contributed by atoms with Crippen molar-refractivity contribution >= 4 is 34.7 Å². The van der Waals surface area contributed by atoms with Crippen LogP contribution in [0.1, 0.15) is 11.3 Å². The maximum atomic E-state index is 13.0. The second-order valence-corrected chi connectivity index (χ2v) is 7.40. The molecule has 2 aromatic carbocycles. The number of halogens is 1. The third-order valence-corrected chi connectivity index (χ3v) is 5.28. The normalized spacial score (nSPS) is 15.2. The molecule has 1 aliphatic rings. The molecule has 9 heteroatoms. The van der Waals surface area contributed by atoms with E-state index in [4.69, 9.17) is 4.42 Å². The van der Waals surface area contributed by atoms with Gasteiger partial charge in [0.1, 0.15) is 17.3 Å². The van der Waals surface area contributed by atoms with E-state index in [9.17, 15) is 24.1 Å². The van der Waals surface area contributed by atoms with Crippen molar-refractivity contribution in [2.75, 3.05) is 0 Å². The fourth-order valence-electron chi connectivity index (χ4n) is 2.90. The number of furan rings is 1. The Hall–Kier alpha value is -3.72. The summed E-state index contributed by atoms with van der Waals surface area (Å²) in [6.45, 7) is 0.0410. The number of thioether (sulfide) groups is 1. The van der Waals surface area contributed by atoms with Crippen molar-refractivity contribution < 1.29 is 23.3 Å². The van der Waals surface area contributed by atoms with Crippen LogP contribution in [0.25, 0.3) is 17.4 Å². The first-order valence-electron chi connectivity index (χ1n) is 8.75. The number of nitro benzene ring substituents is 1. The SMILES string of the molecule is O=C1S/C(=C\c2ccc(-c3cccc([N+](=O)[O-])c3)o2)C(=O)N1Cc1ccc(F)cc1. The van der Waals surface area contributed by atoms with Gasteiger partial charge in [-0.05, 0) is 41.6 Å². The molecular weight excluding hydrogens is 411 g/mol. The number of rotatable bonds is 5. The van der Waals surface area contributed by atoms with E-state index in [1.807, 2.05) is 0 Å². The second kappa shape index (κ2) is 7.96. The summed E-state index contributed by atoms with van der Waals surface area (Å²) in [5, 5.41) is 10.5. The third-order valence-electron chi connectivity index (χ3n) is 4.37. The maximum Gasteiger partial charge on any atom is 0.293 e. The Morgan fingerprint density at radius 3 is 2.60 bits per heavy atom. The van der Waals surface area contributed by atoms with Crippen molar-refractivity contribution in [3.05, 3.63) is 92.8 Å². The van der Waals surface area contributed by atoms with E-state index in [2.05, 4.69) is 0 Å². The molecule has 0 atom stereocenters. The minimum atomic E-state index is -0.496. The minimum Gasteiger partial charge on any atom is -0.457 e. The summed E-state index contributed by atoms with van der Waals surface area (Å²) in [5.74, 6) is -0.132. The molecule has 0 aliphatic carbocycles. The van der Waals surface area contributed by atoms with E-state index < -0.39 is 21.9 Å². The summed E-state index contributed by atoms with van der Waals surface area (Å²) < 4.78 is 18.7. The Labute approximate surface area is 173 Å². The lowest BCUT2D eigenvalue weighted by atomic mass is 10.1. The highest BCUT2D eigenvalue weighted by Gasteiger charge is 2.35. The van der Waals surface area contributed by atoms with Crippen molar-refractivity contribution in [1.29, 1.82) is 0 Å². The Bertz CT molecular complexity index is 1190. The van der Waals surface area contributed by atoms with Crippen LogP contribution in [-0.2, 0) is 11.3 Å². The van der Waals surface area contributed by atoms with Crippen molar-refractivity contribution in [1.82, 2.24) is 4.90 Å². The molecule has 0 unspecified atom stereocenters. The Morgan fingerprint density at radius 1 is 1.10 bits per heavy atom. The van der Waals surface area contributed by atoms with Gasteiger partial charge in [0.2, 0.25) is 0 Å². The van der Waals surface area contributed by atoms with Gasteiger partial charge in [0.15, 0.2) is 0 Å². The summed E-state index contributed by atoms with van der Waals surface area (Å²) in [6.07, 6.45) is 1.45. The molecule has 150 valence electrons. The molecule has 2 heterocycles. The second-order valence-electron chi connectivity index (χ2n) is 6.40. The number of non-ortho nitro benzene ring substituents is 1. The number of hydrogen-bond donors (Lipinski definition) is 0. The molecule has 3 aromatic rings. The lowest BCUT2D eigenvalue weighted by Gasteiger charge is -2.12. The number of benzene rings is 2. The monoisotopic (exact) mass is 424 g/mol. The zero-order valence-electron chi connectivity index (χ0n) is 15.3. The van der Waals surface area contributed by atoms with Gasteiger partial charge in [0.05, 0.1) is 16.4 Å².